The van der Waals surface area contributed by atoms with Gasteiger partial charge in [0.15, 0.2) is 21.8 Å². The lowest BCUT2D eigenvalue weighted by Gasteiger charge is -2.25. The van der Waals surface area contributed by atoms with Crippen molar-refractivity contribution in [2.24, 2.45) is 0 Å². The van der Waals surface area contributed by atoms with Crippen molar-refractivity contribution in [3.8, 4) is 17.3 Å². The maximum atomic E-state index is 12.4. The first kappa shape index (κ1) is 16.7. The molecule has 1 unspecified atom stereocenters. The number of halogens is 2. The summed E-state index contributed by atoms with van der Waals surface area (Å²) in [5.74, 6) is 1.37. The second kappa shape index (κ2) is 6.86. The first-order valence-corrected chi connectivity index (χ1v) is 8.41. The van der Waals surface area contributed by atoms with Crippen molar-refractivity contribution >= 4 is 34.8 Å². The van der Waals surface area contributed by atoms with E-state index in [0.717, 1.165) is 0 Å². The second-order valence-corrected chi connectivity index (χ2v) is 6.17. The predicted molar refractivity (Wildman–Crippen MR) is 96.4 cm³/mol. The fourth-order valence-corrected chi connectivity index (χ4v) is 2.76. The Labute approximate surface area is 158 Å². The van der Waals surface area contributed by atoms with Gasteiger partial charge < -0.3 is 14.8 Å². The number of aromatic nitrogens is 3. The van der Waals surface area contributed by atoms with Crippen molar-refractivity contribution in [3.05, 3.63) is 59.2 Å². The molecular weight excluding hydrogens is 379 g/mol. The molecule has 1 aliphatic heterocycles. The van der Waals surface area contributed by atoms with Crippen LogP contribution in [0.25, 0.3) is 5.82 Å². The van der Waals surface area contributed by atoms with Gasteiger partial charge in [0, 0.05) is 0 Å². The molecule has 9 heteroatoms. The quantitative estimate of drug-likeness (QED) is 0.741. The van der Waals surface area contributed by atoms with Crippen LogP contribution in [0.5, 0.6) is 11.5 Å². The molecule has 132 valence electrons. The van der Waals surface area contributed by atoms with Crippen molar-refractivity contribution in [1.29, 1.82) is 0 Å². The third-order valence-electron chi connectivity index (χ3n) is 3.73. The molecule has 0 saturated carbocycles. The van der Waals surface area contributed by atoms with Crippen molar-refractivity contribution in [3.63, 3.8) is 0 Å². The lowest BCUT2D eigenvalue weighted by molar-refractivity contribution is -0.125. The number of fused-ring (bicyclic) bond motifs is 1. The summed E-state index contributed by atoms with van der Waals surface area (Å²) in [5, 5.41) is 3.21. The van der Waals surface area contributed by atoms with Gasteiger partial charge in [-0.15, -0.1) is 0 Å². The SMILES string of the molecule is O=C(Nc1ccc(-n2cnc(Cl)c2Cl)nc1)C1COc2ccccc2O1. The van der Waals surface area contributed by atoms with E-state index < -0.39 is 6.10 Å². The minimum Gasteiger partial charge on any atom is -0.485 e. The van der Waals surface area contributed by atoms with E-state index >= 15 is 0 Å². The van der Waals surface area contributed by atoms with Crippen LogP contribution in [-0.2, 0) is 4.79 Å². The lowest BCUT2D eigenvalue weighted by atomic mass is 10.2. The molecule has 0 aliphatic carbocycles. The van der Waals surface area contributed by atoms with E-state index in [2.05, 4.69) is 15.3 Å². The topological polar surface area (TPSA) is 78.3 Å². The largest absolute Gasteiger partial charge is 0.485 e. The molecule has 3 heterocycles. The van der Waals surface area contributed by atoms with Crippen LogP contribution in [0.15, 0.2) is 48.9 Å². The predicted octanol–water partition coefficient (Wildman–Crippen LogP) is 3.35. The Morgan fingerprint density at radius 3 is 2.65 bits per heavy atom. The van der Waals surface area contributed by atoms with Gasteiger partial charge in [-0.05, 0) is 24.3 Å². The van der Waals surface area contributed by atoms with E-state index in [1.165, 1.54) is 17.1 Å². The number of hydrogen-bond donors (Lipinski definition) is 1. The molecule has 4 rings (SSSR count). The first-order chi connectivity index (χ1) is 12.6. The van der Waals surface area contributed by atoms with Crippen LogP contribution < -0.4 is 14.8 Å². The minimum absolute atomic E-state index is 0.136. The van der Waals surface area contributed by atoms with E-state index in [1.807, 2.05) is 12.1 Å². The number of rotatable bonds is 3. The maximum Gasteiger partial charge on any atom is 0.269 e. The highest BCUT2D eigenvalue weighted by Crippen LogP contribution is 2.31. The highest BCUT2D eigenvalue weighted by atomic mass is 35.5. The molecule has 7 nitrogen and oxygen atoms in total. The van der Waals surface area contributed by atoms with Gasteiger partial charge in [-0.25, -0.2) is 9.97 Å². The molecule has 1 aliphatic rings. The van der Waals surface area contributed by atoms with E-state index in [1.54, 1.807) is 24.3 Å². The van der Waals surface area contributed by atoms with Crippen LogP contribution in [0.3, 0.4) is 0 Å². The number of nitrogens with one attached hydrogen (secondary N) is 1. The van der Waals surface area contributed by atoms with Gasteiger partial charge in [0.05, 0.1) is 11.9 Å². The number of ether oxygens (including phenoxy) is 2. The fourth-order valence-electron chi connectivity index (χ4n) is 2.45. The van der Waals surface area contributed by atoms with Crippen LogP contribution in [-0.4, -0.2) is 33.2 Å². The number of para-hydroxylation sites is 2. The smallest absolute Gasteiger partial charge is 0.269 e. The molecule has 1 atom stereocenters. The molecule has 1 N–H and O–H groups in total. The van der Waals surface area contributed by atoms with E-state index in [-0.39, 0.29) is 22.8 Å². The highest BCUT2D eigenvalue weighted by Gasteiger charge is 2.27. The molecule has 26 heavy (non-hydrogen) atoms. The van der Waals surface area contributed by atoms with Crippen LogP contribution in [0, 0.1) is 0 Å². The Morgan fingerprint density at radius 1 is 1.15 bits per heavy atom. The summed E-state index contributed by atoms with van der Waals surface area (Å²) in [6.07, 6.45) is 2.23. The number of hydrogen-bond acceptors (Lipinski definition) is 5. The van der Waals surface area contributed by atoms with Gasteiger partial charge in [0.2, 0.25) is 6.10 Å². The zero-order chi connectivity index (χ0) is 18.1. The average molecular weight is 391 g/mol. The number of imidazole rings is 1. The van der Waals surface area contributed by atoms with Crippen molar-refractivity contribution < 1.29 is 14.3 Å². The van der Waals surface area contributed by atoms with Crippen LogP contribution in [0.2, 0.25) is 10.3 Å². The number of benzene rings is 1. The second-order valence-electron chi connectivity index (χ2n) is 5.45. The van der Waals surface area contributed by atoms with Gasteiger partial charge in [0.1, 0.15) is 18.8 Å². The summed E-state index contributed by atoms with van der Waals surface area (Å²) in [5.41, 5.74) is 0.517. The molecule has 0 saturated heterocycles. The van der Waals surface area contributed by atoms with E-state index in [4.69, 9.17) is 32.7 Å². The molecule has 0 bridgehead atoms. The van der Waals surface area contributed by atoms with Crippen molar-refractivity contribution in [2.75, 3.05) is 11.9 Å². The summed E-state index contributed by atoms with van der Waals surface area (Å²) >= 11 is 11.9. The average Bonchev–Trinajstić information content (AvgIpc) is 3.01. The van der Waals surface area contributed by atoms with Crippen LogP contribution in [0.4, 0.5) is 5.69 Å². The molecule has 2 aromatic heterocycles. The number of carbonyl (C=O) groups is 1. The first-order valence-electron chi connectivity index (χ1n) is 7.66. The Hall–Kier alpha value is -2.77. The van der Waals surface area contributed by atoms with Gasteiger partial charge in [0.25, 0.3) is 5.91 Å². The summed E-state index contributed by atoms with van der Waals surface area (Å²) in [4.78, 5) is 20.5. The number of nitrogens with zero attached hydrogens (tertiary/aromatic N) is 3. The van der Waals surface area contributed by atoms with Gasteiger partial charge in [-0.1, -0.05) is 35.3 Å². The summed E-state index contributed by atoms with van der Waals surface area (Å²) < 4.78 is 12.8. The van der Waals surface area contributed by atoms with Gasteiger partial charge in [-0.3, -0.25) is 9.36 Å². The normalized spacial score (nSPS) is 15.5. The monoisotopic (exact) mass is 390 g/mol. The van der Waals surface area contributed by atoms with Crippen molar-refractivity contribution in [2.45, 2.75) is 6.10 Å². The van der Waals surface area contributed by atoms with Crippen molar-refractivity contribution in [1.82, 2.24) is 14.5 Å². The number of pyridine rings is 1. The molecule has 0 radical (unpaired) electrons. The van der Waals surface area contributed by atoms with E-state index in [0.29, 0.717) is 23.0 Å². The number of carbonyl (C=O) groups excluding carboxylic acids is 1. The summed E-state index contributed by atoms with van der Waals surface area (Å²) in [6.45, 7) is 0.136. The number of amides is 1. The Kier molecular flexibility index (Phi) is 4.40. The summed E-state index contributed by atoms with van der Waals surface area (Å²) in [6, 6.07) is 10.6. The lowest BCUT2D eigenvalue weighted by Crippen LogP contribution is -2.40. The molecular formula is C17H12Cl2N4O3. The molecule has 3 aromatic rings. The van der Waals surface area contributed by atoms with Crippen LogP contribution in [0.1, 0.15) is 0 Å². The maximum absolute atomic E-state index is 12.4. The van der Waals surface area contributed by atoms with Crippen LogP contribution >= 0.6 is 23.2 Å². The van der Waals surface area contributed by atoms with Gasteiger partial charge >= 0.3 is 0 Å². The molecule has 0 fully saturated rings. The highest BCUT2D eigenvalue weighted by molar-refractivity contribution is 6.40. The molecule has 1 aromatic carbocycles. The zero-order valence-corrected chi connectivity index (χ0v) is 14.7. The Morgan fingerprint density at radius 2 is 1.96 bits per heavy atom. The minimum atomic E-state index is -0.744. The molecule has 1 amide bonds. The fraction of sp³-hybridized carbons (Fsp3) is 0.118. The Balaban J connectivity index is 1.44. The third-order valence-corrected chi connectivity index (χ3v) is 4.47. The Bertz CT molecular complexity index is 959. The number of anilines is 1. The summed E-state index contributed by atoms with van der Waals surface area (Å²) in [7, 11) is 0. The zero-order valence-electron chi connectivity index (χ0n) is 13.2. The molecule has 0 spiro atoms. The van der Waals surface area contributed by atoms with Gasteiger partial charge in [-0.2, -0.15) is 0 Å². The standard InChI is InChI=1S/C17H12Cl2N4O3/c18-15-16(19)23(9-21-15)14-6-5-10(7-20-14)22-17(24)13-8-25-11-3-1-2-4-12(11)26-13/h1-7,9,13H,8H2,(H,22,24). The third kappa shape index (κ3) is 3.18. The van der Waals surface area contributed by atoms with E-state index in [9.17, 15) is 4.79 Å².